The molecule has 6 nitrogen and oxygen atoms in total. The Bertz CT molecular complexity index is 4230. The molecule has 0 unspecified atom stereocenters. The van der Waals surface area contributed by atoms with Gasteiger partial charge in [0.1, 0.15) is 0 Å². The third kappa shape index (κ3) is 6.16. The average Bonchev–Trinajstić information content (AvgIpc) is 4.08. The maximum atomic E-state index is 5.60. The molecule has 4 aromatic heterocycles. The highest BCUT2D eigenvalue weighted by Gasteiger charge is 2.25. The van der Waals surface area contributed by atoms with Crippen molar-refractivity contribution in [3.05, 3.63) is 243 Å². The normalized spacial score (nSPS) is 11.8. The highest BCUT2D eigenvalue weighted by molar-refractivity contribution is 6.24. The molecule has 0 saturated carbocycles. The van der Waals surface area contributed by atoms with Crippen LogP contribution < -0.4 is 0 Å². The number of aromatic nitrogens is 6. The van der Waals surface area contributed by atoms with Crippen molar-refractivity contribution >= 4 is 65.4 Å². The van der Waals surface area contributed by atoms with Crippen molar-refractivity contribution in [2.75, 3.05) is 0 Å². The molecule has 14 aromatic rings. The molecule has 0 aliphatic rings. The first kappa shape index (κ1) is 38.8. The quantitative estimate of drug-likeness (QED) is 0.160. The first-order valence-electron chi connectivity index (χ1n) is 23.4. The van der Waals surface area contributed by atoms with Gasteiger partial charge in [-0.2, -0.15) is 9.97 Å². The number of hydrogen-bond donors (Lipinski definition) is 0. The molecule has 0 saturated heterocycles. The van der Waals surface area contributed by atoms with Crippen LogP contribution in [0, 0.1) is 0 Å². The molecule has 69 heavy (non-hydrogen) atoms. The lowest BCUT2D eigenvalue weighted by atomic mass is 9.98. The molecule has 6 heteroatoms. The fraction of sp³-hybridized carbons (Fsp3) is 0. The Labute approximate surface area is 397 Å². The molecule has 0 bridgehead atoms. The molecule has 0 radical (unpaired) electrons. The molecular weight excluding hydrogens is 841 g/mol. The Kier molecular flexibility index (Phi) is 8.79. The third-order valence-corrected chi connectivity index (χ3v) is 13.7. The van der Waals surface area contributed by atoms with Crippen LogP contribution in [0.3, 0.4) is 0 Å². The van der Waals surface area contributed by atoms with Crippen LogP contribution in [0.5, 0.6) is 0 Å². The Morgan fingerprint density at radius 2 is 0.725 bits per heavy atom. The Balaban J connectivity index is 1.11. The Morgan fingerprint density at radius 1 is 0.261 bits per heavy atom. The first-order chi connectivity index (χ1) is 34.2. The smallest absolute Gasteiger partial charge is 0.238 e. The van der Waals surface area contributed by atoms with Gasteiger partial charge in [0.25, 0.3) is 0 Å². The zero-order valence-corrected chi connectivity index (χ0v) is 37.3. The molecule has 10 aromatic carbocycles. The maximum Gasteiger partial charge on any atom is 0.238 e. The number of benzene rings is 10. The van der Waals surface area contributed by atoms with Crippen LogP contribution >= 0.6 is 0 Å². The molecule has 4 heterocycles. The monoisotopic (exact) mass is 880 g/mol. The summed E-state index contributed by atoms with van der Waals surface area (Å²) in [6.45, 7) is 0. The van der Waals surface area contributed by atoms with E-state index in [1.165, 1.54) is 5.39 Å². The van der Waals surface area contributed by atoms with E-state index in [0.29, 0.717) is 17.6 Å². The molecule has 0 N–H and O–H groups in total. The molecular formula is C63H40N6. The molecule has 322 valence electrons. The SMILES string of the molecule is c1ccc(-c2cc(-c3ccccc3)cc(-n3c4ccccc4c4ccc5c6ccccc6n(-c6nc(-c7ccccc7)nc(-c7cccc8c7c7ccccc7n8-c7ccccc7)n6)c5c43)c2)cc1. The van der Waals surface area contributed by atoms with Gasteiger partial charge < -0.3 is 9.13 Å². The van der Waals surface area contributed by atoms with Crippen LogP contribution in [-0.4, -0.2) is 28.7 Å². The summed E-state index contributed by atoms with van der Waals surface area (Å²) < 4.78 is 7.08. The fourth-order valence-corrected chi connectivity index (χ4v) is 10.7. The van der Waals surface area contributed by atoms with Crippen molar-refractivity contribution in [3.63, 3.8) is 0 Å². The van der Waals surface area contributed by atoms with Crippen molar-refractivity contribution < 1.29 is 0 Å². The number of hydrogen-bond acceptors (Lipinski definition) is 3. The van der Waals surface area contributed by atoms with Gasteiger partial charge in [-0.15, -0.1) is 0 Å². The summed E-state index contributed by atoms with van der Waals surface area (Å²) >= 11 is 0. The van der Waals surface area contributed by atoms with Crippen LogP contribution in [0.15, 0.2) is 243 Å². The first-order valence-corrected chi connectivity index (χ1v) is 23.4. The lowest BCUT2D eigenvalue weighted by molar-refractivity contribution is 0.954. The molecule has 0 amide bonds. The van der Waals surface area contributed by atoms with Crippen LogP contribution in [0.25, 0.3) is 128 Å². The number of nitrogens with zero attached hydrogens (tertiary/aromatic N) is 6. The van der Waals surface area contributed by atoms with E-state index >= 15 is 0 Å². The van der Waals surface area contributed by atoms with E-state index in [9.17, 15) is 0 Å². The number of rotatable bonds is 7. The highest BCUT2D eigenvalue weighted by atomic mass is 15.2. The van der Waals surface area contributed by atoms with Crippen molar-refractivity contribution in [2.24, 2.45) is 0 Å². The second-order valence-electron chi connectivity index (χ2n) is 17.6. The van der Waals surface area contributed by atoms with Crippen LogP contribution in [0.2, 0.25) is 0 Å². The van der Waals surface area contributed by atoms with E-state index in [4.69, 9.17) is 15.0 Å². The minimum absolute atomic E-state index is 0.543. The van der Waals surface area contributed by atoms with E-state index in [-0.39, 0.29) is 0 Å². The van der Waals surface area contributed by atoms with Gasteiger partial charge in [-0.3, -0.25) is 4.57 Å². The third-order valence-electron chi connectivity index (χ3n) is 13.7. The zero-order chi connectivity index (χ0) is 45.4. The molecule has 0 spiro atoms. The van der Waals surface area contributed by atoms with Crippen molar-refractivity contribution in [2.45, 2.75) is 0 Å². The van der Waals surface area contributed by atoms with E-state index in [1.54, 1.807) is 0 Å². The summed E-state index contributed by atoms with van der Waals surface area (Å²) in [6.07, 6.45) is 0. The van der Waals surface area contributed by atoms with E-state index in [1.807, 2.05) is 18.2 Å². The molecule has 0 atom stereocenters. The van der Waals surface area contributed by atoms with Gasteiger partial charge in [-0.25, -0.2) is 4.98 Å². The topological polar surface area (TPSA) is 53.5 Å². The van der Waals surface area contributed by atoms with Gasteiger partial charge in [0, 0.05) is 54.8 Å². The summed E-state index contributed by atoms with van der Waals surface area (Å²) in [5.74, 6) is 1.74. The lowest BCUT2D eigenvalue weighted by Crippen LogP contribution is -2.07. The van der Waals surface area contributed by atoms with Gasteiger partial charge in [-0.05, 0) is 76.9 Å². The van der Waals surface area contributed by atoms with Gasteiger partial charge in [0.2, 0.25) is 5.95 Å². The summed E-state index contributed by atoms with van der Waals surface area (Å²) in [7, 11) is 0. The van der Waals surface area contributed by atoms with E-state index < -0.39 is 0 Å². The lowest BCUT2D eigenvalue weighted by Gasteiger charge is -2.16. The van der Waals surface area contributed by atoms with Gasteiger partial charge in [-0.1, -0.05) is 188 Å². The molecule has 0 aliphatic carbocycles. The van der Waals surface area contributed by atoms with Crippen LogP contribution in [-0.2, 0) is 0 Å². The predicted molar refractivity (Wildman–Crippen MR) is 285 cm³/mol. The van der Waals surface area contributed by atoms with Crippen molar-refractivity contribution in [1.82, 2.24) is 28.7 Å². The summed E-state index contributed by atoms with van der Waals surface area (Å²) in [4.78, 5) is 16.4. The average molecular weight is 881 g/mol. The summed E-state index contributed by atoms with van der Waals surface area (Å²) in [6, 6.07) is 86.3. The summed E-state index contributed by atoms with van der Waals surface area (Å²) in [5.41, 5.74) is 15.0. The van der Waals surface area contributed by atoms with Crippen LogP contribution in [0.1, 0.15) is 0 Å². The van der Waals surface area contributed by atoms with Gasteiger partial charge in [0.15, 0.2) is 11.6 Å². The fourth-order valence-electron chi connectivity index (χ4n) is 10.7. The second kappa shape index (κ2) is 15.6. The Hall–Kier alpha value is -9.39. The minimum Gasteiger partial charge on any atom is -0.309 e. The molecule has 0 aliphatic heterocycles. The number of para-hydroxylation sites is 4. The van der Waals surface area contributed by atoms with Crippen molar-refractivity contribution in [3.8, 4) is 62.4 Å². The predicted octanol–water partition coefficient (Wildman–Crippen LogP) is 15.8. The van der Waals surface area contributed by atoms with Crippen LogP contribution in [0.4, 0.5) is 0 Å². The van der Waals surface area contributed by atoms with Crippen molar-refractivity contribution in [1.29, 1.82) is 0 Å². The highest BCUT2D eigenvalue weighted by Crippen LogP contribution is 2.44. The zero-order valence-electron chi connectivity index (χ0n) is 37.3. The van der Waals surface area contributed by atoms with E-state index in [0.717, 1.165) is 105 Å². The van der Waals surface area contributed by atoms with Gasteiger partial charge >= 0.3 is 0 Å². The maximum absolute atomic E-state index is 5.60. The molecule has 0 fully saturated rings. The minimum atomic E-state index is 0.543. The molecule has 14 rings (SSSR count). The number of fused-ring (bicyclic) bond motifs is 10. The second-order valence-corrected chi connectivity index (χ2v) is 17.6. The van der Waals surface area contributed by atoms with E-state index in [2.05, 4.69) is 238 Å². The standard InChI is InChI=1S/C63H40N6/c1-5-20-41(21-6-1)44-38-45(42-22-7-2-8-23-42)40-47(39-44)68-54-32-16-13-28-48(54)50-36-37-51-49-29-14-17-33-55(49)69(60(51)59(50)68)63-65-61(43-24-9-3-10-25-43)64-62(66-63)53-31-19-35-57-58(53)52-30-15-18-34-56(52)67(57)46-26-11-4-12-27-46/h1-40H. The van der Waals surface area contributed by atoms with Gasteiger partial charge in [0.05, 0.1) is 33.1 Å². The Morgan fingerprint density at radius 3 is 1.33 bits per heavy atom. The summed E-state index contributed by atoms with van der Waals surface area (Å²) in [5, 5.41) is 6.76. The largest absolute Gasteiger partial charge is 0.309 e.